The van der Waals surface area contributed by atoms with Crippen molar-refractivity contribution in [3.8, 4) is 0 Å². The molecule has 0 unspecified atom stereocenters. The second-order valence-electron chi connectivity index (χ2n) is 4.26. The highest BCUT2D eigenvalue weighted by Crippen LogP contribution is 2.38. The average Bonchev–Trinajstić information content (AvgIpc) is 2.71. The minimum atomic E-state index is -1.04. The van der Waals surface area contributed by atoms with Gasteiger partial charge in [0.05, 0.1) is 16.2 Å². The molecule has 2 aromatic rings. The van der Waals surface area contributed by atoms with E-state index in [1.165, 1.54) is 36.5 Å². The third kappa shape index (κ3) is 3.63. The molecule has 2 heterocycles. The number of aryl methyl sites for hydroxylation is 1. The molecule has 0 atom stereocenters. The van der Waals surface area contributed by atoms with Gasteiger partial charge in [0.15, 0.2) is 0 Å². The van der Waals surface area contributed by atoms with Crippen molar-refractivity contribution in [1.82, 2.24) is 14.9 Å². The van der Waals surface area contributed by atoms with E-state index in [0.717, 1.165) is 20.0 Å². The first-order chi connectivity index (χ1) is 9.90. The first-order valence-corrected chi connectivity index (χ1v) is 8.06. The molecule has 0 bridgehead atoms. The lowest BCUT2D eigenvalue weighted by molar-refractivity contribution is -0.142. The molecule has 0 aliphatic carbocycles. The molecule has 0 aliphatic rings. The Kier molecular flexibility index (Phi) is 5.02. The lowest BCUT2D eigenvalue weighted by Gasteiger charge is -2.13. The van der Waals surface area contributed by atoms with Crippen molar-refractivity contribution in [3.63, 3.8) is 0 Å². The van der Waals surface area contributed by atoms with Crippen LogP contribution in [0, 0.1) is 6.92 Å². The maximum atomic E-state index is 11.8. The third-order valence-electron chi connectivity index (χ3n) is 2.69. The van der Waals surface area contributed by atoms with Gasteiger partial charge in [-0.1, -0.05) is 23.4 Å². The molecule has 0 saturated carbocycles. The highest BCUT2D eigenvalue weighted by molar-refractivity contribution is 8.00. The van der Waals surface area contributed by atoms with Gasteiger partial charge in [-0.05, 0) is 6.92 Å². The van der Waals surface area contributed by atoms with E-state index in [9.17, 15) is 9.59 Å². The highest BCUT2D eigenvalue weighted by Gasteiger charge is 2.17. The summed E-state index contributed by atoms with van der Waals surface area (Å²) in [5.41, 5.74) is 0. The number of aliphatic carboxylic acids is 1. The van der Waals surface area contributed by atoms with E-state index in [4.69, 9.17) is 16.7 Å². The topological polar surface area (TPSA) is 83.4 Å². The molecule has 1 N–H and O–H groups in total. The highest BCUT2D eigenvalue weighted by atomic mass is 35.5. The number of rotatable bonds is 5. The smallest absolute Gasteiger partial charge is 0.323 e. The number of halogens is 1. The second kappa shape index (κ2) is 6.59. The zero-order valence-electron chi connectivity index (χ0n) is 11.3. The third-order valence-corrected chi connectivity index (χ3v) is 5.26. The summed E-state index contributed by atoms with van der Waals surface area (Å²) >= 11 is 8.94. The summed E-state index contributed by atoms with van der Waals surface area (Å²) in [6, 6.07) is 0. The van der Waals surface area contributed by atoms with Crippen LogP contribution in [0.3, 0.4) is 0 Å². The van der Waals surface area contributed by atoms with Crippen molar-refractivity contribution in [2.75, 3.05) is 19.3 Å². The van der Waals surface area contributed by atoms with Crippen LogP contribution in [0.4, 0.5) is 0 Å². The molecule has 21 heavy (non-hydrogen) atoms. The average molecular weight is 346 g/mol. The van der Waals surface area contributed by atoms with Crippen molar-refractivity contribution in [2.24, 2.45) is 0 Å². The van der Waals surface area contributed by atoms with Crippen molar-refractivity contribution < 1.29 is 14.7 Å². The summed E-state index contributed by atoms with van der Waals surface area (Å²) < 4.78 is 0. The molecule has 0 spiro atoms. The lowest BCUT2D eigenvalue weighted by Crippen LogP contribution is -2.33. The van der Waals surface area contributed by atoms with Gasteiger partial charge in [0.1, 0.15) is 22.7 Å². The Hall–Kier alpha value is -1.38. The molecule has 1 amide bonds. The van der Waals surface area contributed by atoms with Crippen molar-refractivity contribution >= 4 is 56.8 Å². The minimum Gasteiger partial charge on any atom is -0.480 e. The molecular weight excluding hydrogens is 334 g/mol. The van der Waals surface area contributed by atoms with Crippen molar-refractivity contribution in [1.29, 1.82) is 0 Å². The van der Waals surface area contributed by atoms with E-state index in [1.54, 1.807) is 0 Å². The first-order valence-electron chi connectivity index (χ1n) is 5.88. The van der Waals surface area contributed by atoms with Crippen molar-refractivity contribution in [2.45, 2.75) is 11.9 Å². The van der Waals surface area contributed by atoms with Crippen LogP contribution in [-0.4, -0.2) is 51.2 Å². The van der Waals surface area contributed by atoms with Crippen LogP contribution in [0.2, 0.25) is 5.02 Å². The van der Waals surface area contributed by atoms with E-state index < -0.39 is 5.97 Å². The number of likely N-dealkylation sites (N-methyl/N-ethyl adjacent to an activating group) is 1. The molecule has 2 rings (SSSR count). The predicted molar refractivity (Wildman–Crippen MR) is 83.2 cm³/mol. The number of thiophene rings is 1. The quantitative estimate of drug-likeness (QED) is 0.661. The standard InChI is InChI=1S/C12H12ClN3O3S2/c1-6-10(13)9-11(14-5-15-12(9)21-6)20-4-7(17)16(2)3-8(18)19/h5H,3-4H2,1-2H3,(H,18,19). The van der Waals surface area contributed by atoms with Gasteiger partial charge in [-0.3, -0.25) is 9.59 Å². The SMILES string of the molecule is Cc1sc2ncnc(SCC(=O)N(C)CC(=O)O)c2c1Cl. The molecular formula is C12H12ClN3O3S2. The fourth-order valence-electron chi connectivity index (χ4n) is 1.63. The largest absolute Gasteiger partial charge is 0.480 e. The number of aromatic nitrogens is 2. The minimum absolute atomic E-state index is 0.0983. The van der Waals surface area contributed by atoms with E-state index in [2.05, 4.69) is 9.97 Å². The number of fused-ring (bicyclic) bond motifs is 1. The number of hydrogen-bond donors (Lipinski definition) is 1. The second-order valence-corrected chi connectivity index (χ2v) is 6.81. The number of nitrogens with zero attached hydrogens (tertiary/aromatic N) is 3. The number of carboxylic acids is 1. The van der Waals surface area contributed by atoms with Gasteiger partial charge in [-0.2, -0.15) is 0 Å². The molecule has 0 radical (unpaired) electrons. The fourth-order valence-corrected chi connectivity index (χ4v) is 3.93. The molecule has 112 valence electrons. The number of carboxylic acid groups (broad SMARTS) is 1. The van der Waals surface area contributed by atoms with E-state index in [-0.39, 0.29) is 18.2 Å². The number of carbonyl (C=O) groups excluding carboxylic acids is 1. The van der Waals surface area contributed by atoms with Crippen LogP contribution in [0.25, 0.3) is 10.2 Å². The zero-order valence-corrected chi connectivity index (χ0v) is 13.7. The Morgan fingerprint density at radius 3 is 2.86 bits per heavy atom. The Morgan fingerprint density at radius 1 is 1.48 bits per heavy atom. The van der Waals surface area contributed by atoms with E-state index >= 15 is 0 Å². The normalized spacial score (nSPS) is 10.8. The van der Waals surface area contributed by atoms with Crippen LogP contribution in [0.1, 0.15) is 4.88 Å². The van der Waals surface area contributed by atoms with Crippen LogP contribution in [0.5, 0.6) is 0 Å². The Morgan fingerprint density at radius 2 is 2.19 bits per heavy atom. The van der Waals surface area contributed by atoms with E-state index in [1.807, 2.05) is 6.92 Å². The van der Waals surface area contributed by atoms with Crippen LogP contribution in [0.15, 0.2) is 11.4 Å². The lowest BCUT2D eigenvalue weighted by atomic mass is 10.4. The van der Waals surface area contributed by atoms with Gasteiger partial charge < -0.3 is 10.0 Å². The number of amides is 1. The van der Waals surface area contributed by atoms with Crippen LogP contribution < -0.4 is 0 Å². The van der Waals surface area contributed by atoms with Gasteiger partial charge in [-0.25, -0.2) is 9.97 Å². The number of hydrogen-bond acceptors (Lipinski definition) is 6. The molecule has 0 aromatic carbocycles. The van der Waals surface area contributed by atoms with Gasteiger partial charge in [0, 0.05) is 11.9 Å². The Balaban J connectivity index is 2.14. The fraction of sp³-hybridized carbons (Fsp3) is 0.333. The predicted octanol–water partition coefficient (Wildman–Crippen LogP) is 2.29. The summed E-state index contributed by atoms with van der Waals surface area (Å²) in [7, 11) is 1.45. The van der Waals surface area contributed by atoms with E-state index in [0.29, 0.717) is 10.0 Å². The summed E-state index contributed by atoms with van der Waals surface area (Å²) in [5, 5.41) is 10.6. The van der Waals surface area contributed by atoms with Gasteiger partial charge in [0.2, 0.25) is 5.91 Å². The van der Waals surface area contributed by atoms with Gasteiger partial charge in [0.25, 0.3) is 0 Å². The summed E-state index contributed by atoms with van der Waals surface area (Å²) in [6.07, 6.45) is 1.43. The zero-order chi connectivity index (χ0) is 15.6. The molecule has 6 nitrogen and oxygen atoms in total. The molecule has 0 fully saturated rings. The molecule has 0 aliphatic heterocycles. The molecule has 2 aromatic heterocycles. The molecule has 0 saturated heterocycles. The Bertz CT molecular complexity index is 704. The maximum absolute atomic E-state index is 11.8. The summed E-state index contributed by atoms with van der Waals surface area (Å²) in [4.78, 5) is 33.6. The van der Waals surface area contributed by atoms with Crippen LogP contribution >= 0.6 is 34.7 Å². The molecule has 9 heteroatoms. The number of carbonyl (C=O) groups is 2. The maximum Gasteiger partial charge on any atom is 0.323 e. The monoisotopic (exact) mass is 345 g/mol. The van der Waals surface area contributed by atoms with Crippen molar-refractivity contribution in [3.05, 3.63) is 16.2 Å². The first kappa shape index (κ1) is 16.0. The number of thioether (sulfide) groups is 1. The van der Waals surface area contributed by atoms with Gasteiger partial charge >= 0.3 is 5.97 Å². The van der Waals surface area contributed by atoms with Crippen LogP contribution in [-0.2, 0) is 9.59 Å². The summed E-state index contributed by atoms with van der Waals surface area (Å²) in [6.45, 7) is 1.58. The van der Waals surface area contributed by atoms with Gasteiger partial charge in [-0.15, -0.1) is 11.3 Å². The summed E-state index contributed by atoms with van der Waals surface area (Å²) in [5.74, 6) is -1.23. The Labute approximate surface area is 134 Å².